The molecular weight excluding hydrogens is 479 g/mol. The van der Waals surface area contributed by atoms with E-state index in [0.717, 1.165) is 25.0 Å². The molecule has 1 aliphatic carbocycles. The number of ether oxygens (including phenoxy) is 1. The fourth-order valence-electron chi connectivity index (χ4n) is 3.74. The van der Waals surface area contributed by atoms with Crippen molar-refractivity contribution in [2.24, 2.45) is 0 Å². The van der Waals surface area contributed by atoms with Crippen molar-refractivity contribution >= 4 is 34.9 Å². The van der Waals surface area contributed by atoms with Gasteiger partial charge in [-0.15, -0.1) is 24.9 Å². The quantitative estimate of drug-likeness (QED) is 0.232. The van der Waals surface area contributed by atoms with Crippen LogP contribution in [0, 0.1) is 0 Å². The van der Waals surface area contributed by atoms with E-state index in [0.29, 0.717) is 21.8 Å². The van der Waals surface area contributed by atoms with Gasteiger partial charge in [0.2, 0.25) is 0 Å². The van der Waals surface area contributed by atoms with Crippen molar-refractivity contribution in [2.75, 3.05) is 11.1 Å². The van der Waals surface area contributed by atoms with E-state index < -0.39 is 18.0 Å². The molecule has 0 unspecified atom stereocenters. The predicted octanol–water partition coefficient (Wildman–Crippen LogP) is 6.51. The molecule has 0 atom stereocenters. The van der Waals surface area contributed by atoms with Gasteiger partial charge in [-0.1, -0.05) is 37.6 Å². The van der Waals surface area contributed by atoms with Crippen molar-refractivity contribution in [2.45, 2.75) is 31.0 Å². The molecule has 1 amide bonds. The summed E-state index contributed by atoms with van der Waals surface area (Å²) in [5.74, 6) is -0.921. The Morgan fingerprint density at radius 1 is 0.914 bits per heavy atom. The number of fused-ring (bicyclic) bond motifs is 2. The third-order valence-electron chi connectivity index (χ3n) is 5.38. The normalized spacial score (nSPS) is 12.7. The van der Waals surface area contributed by atoms with Gasteiger partial charge in [0, 0.05) is 32.8 Å². The SMILES string of the molecule is CCCCSc1c(C(=O)Nc2ccc(OC(F)(F)F)cc2)ccc2c1C(=O)c1ccccc1C2=O. The highest BCUT2D eigenvalue weighted by molar-refractivity contribution is 7.99. The number of ketones is 2. The number of thioether (sulfide) groups is 1. The third kappa shape index (κ3) is 5.24. The van der Waals surface area contributed by atoms with Crippen molar-refractivity contribution in [3.8, 4) is 5.75 Å². The number of hydrogen-bond acceptors (Lipinski definition) is 5. The number of anilines is 1. The first-order valence-corrected chi connectivity index (χ1v) is 11.8. The second-order valence-electron chi connectivity index (χ2n) is 7.80. The first-order chi connectivity index (χ1) is 16.7. The zero-order valence-corrected chi connectivity index (χ0v) is 19.4. The van der Waals surface area contributed by atoms with Crippen LogP contribution in [0.15, 0.2) is 65.6 Å². The van der Waals surface area contributed by atoms with Gasteiger partial charge in [0.1, 0.15) is 5.75 Å². The maximum atomic E-state index is 13.4. The lowest BCUT2D eigenvalue weighted by molar-refractivity contribution is -0.274. The van der Waals surface area contributed by atoms with Crippen LogP contribution < -0.4 is 10.1 Å². The smallest absolute Gasteiger partial charge is 0.406 e. The summed E-state index contributed by atoms with van der Waals surface area (Å²) in [7, 11) is 0. The van der Waals surface area contributed by atoms with Gasteiger partial charge in [-0.25, -0.2) is 0 Å². The predicted molar refractivity (Wildman–Crippen MR) is 126 cm³/mol. The molecule has 1 aliphatic rings. The van der Waals surface area contributed by atoms with Crippen LogP contribution in [0.1, 0.15) is 62.0 Å². The minimum absolute atomic E-state index is 0.205. The summed E-state index contributed by atoms with van der Waals surface area (Å²) >= 11 is 1.34. The van der Waals surface area contributed by atoms with Crippen molar-refractivity contribution in [1.82, 2.24) is 0 Å². The van der Waals surface area contributed by atoms with E-state index in [2.05, 4.69) is 10.1 Å². The Balaban J connectivity index is 1.69. The Hall–Kier alpha value is -3.59. The number of unbranched alkanes of at least 4 members (excludes halogenated alkanes) is 1. The minimum Gasteiger partial charge on any atom is -0.406 e. The molecule has 35 heavy (non-hydrogen) atoms. The fraction of sp³-hybridized carbons (Fsp3) is 0.192. The average Bonchev–Trinajstić information content (AvgIpc) is 2.82. The van der Waals surface area contributed by atoms with Crippen LogP contribution in [-0.4, -0.2) is 29.6 Å². The molecule has 180 valence electrons. The third-order valence-corrected chi connectivity index (χ3v) is 6.59. The van der Waals surface area contributed by atoms with Crippen LogP contribution in [-0.2, 0) is 0 Å². The molecule has 0 saturated heterocycles. The summed E-state index contributed by atoms with van der Waals surface area (Å²) in [5, 5.41) is 2.65. The van der Waals surface area contributed by atoms with Gasteiger partial charge in [-0.3, -0.25) is 14.4 Å². The van der Waals surface area contributed by atoms with Crippen LogP contribution in [0.5, 0.6) is 5.75 Å². The average molecular weight is 500 g/mol. The first kappa shape index (κ1) is 24.5. The Morgan fingerprint density at radius 2 is 1.57 bits per heavy atom. The van der Waals surface area contributed by atoms with E-state index in [4.69, 9.17) is 0 Å². The second-order valence-corrected chi connectivity index (χ2v) is 8.90. The molecule has 0 radical (unpaired) electrons. The maximum Gasteiger partial charge on any atom is 0.573 e. The van der Waals surface area contributed by atoms with Gasteiger partial charge in [0.05, 0.1) is 5.56 Å². The molecule has 0 aliphatic heterocycles. The largest absolute Gasteiger partial charge is 0.573 e. The van der Waals surface area contributed by atoms with E-state index in [1.807, 2.05) is 6.92 Å². The number of carbonyl (C=O) groups excluding carboxylic acids is 3. The summed E-state index contributed by atoms with van der Waals surface area (Å²) in [6.07, 6.45) is -3.07. The van der Waals surface area contributed by atoms with Crippen LogP contribution in [0.4, 0.5) is 18.9 Å². The summed E-state index contributed by atoms with van der Waals surface area (Å²) < 4.78 is 41.0. The molecule has 4 rings (SSSR count). The summed E-state index contributed by atoms with van der Waals surface area (Å²) in [6, 6.07) is 14.3. The van der Waals surface area contributed by atoms with Gasteiger partial charge in [-0.05, 0) is 48.6 Å². The molecule has 0 saturated carbocycles. The summed E-state index contributed by atoms with van der Waals surface area (Å²) in [6.45, 7) is 2.02. The van der Waals surface area contributed by atoms with Crippen molar-refractivity contribution in [1.29, 1.82) is 0 Å². The monoisotopic (exact) mass is 499 g/mol. The van der Waals surface area contributed by atoms with Crippen LogP contribution in [0.2, 0.25) is 0 Å². The van der Waals surface area contributed by atoms with Gasteiger partial charge in [0.15, 0.2) is 11.6 Å². The number of nitrogens with one attached hydrogen (secondary N) is 1. The fourth-order valence-corrected chi connectivity index (χ4v) is 5.04. The van der Waals surface area contributed by atoms with Crippen molar-refractivity contribution < 1.29 is 32.3 Å². The lowest BCUT2D eigenvalue weighted by atomic mass is 9.83. The van der Waals surface area contributed by atoms with Gasteiger partial charge >= 0.3 is 6.36 Å². The molecule has 5 nitrogen and oxygen atoms in total. The van der Waals surface area contributed by atoms with E-state index in [1.165, 1.54) is 36.0 Å². The molecule has 0 bridgehead atoms. The Kier molecular flexibility index (Phi) is 6.98. The highest BCUT2D eigenvalue weighted by Crippen LogP contribution is 2.37. The van der Waals surface area contributed by atoms with Gasteiger partial charge < -0.3 is 10.1 Å². The standard InChI is InChI=1S/C26H20F3NO4S/c1-2-3-14-35-24-20(25(33)30-15-8-10-16(11-9-15)34-26(27,28)29)13-12-19-21(24)23(32)18-7-5-4-6-17(18)22(19)31/h4-13H,2-3,14H2,1H3,(H,30,33). The first-order valence-electron chi connectivity index (χ1n) is 10.8. The Bertz CT molecular complexity index is 1300. The number of rotatable bonds is 7. The molecule has 0 fully saturated rings. The van der Waals surface area contributed by atoms with Crippen LogP contribution in [0.25, 0.3) is 0 Å². The molecule has 3 aromatic rings. The van der Waals surface area contributed by atoms with Crippen LogP contribution >= 0.6 is 11.8 Å². The van der Waals surface area contributed by atoms with Crippen molar-refractivity contribution in [3.63, 3.8) is 0 Å². The summed E-state index contributed by atoms with van der Waals surface area (Å²) in [5.41, 5.74) is 1.53. The number of carbonyl (C=O) groups is 3. The lowest BCUT2D eigenvalue weighted by Gasteiger charge is -2.22. The molecule has 0 spiro atoms. The molecule has 0 heterocycles. The highest BCUT2D eigenvalue weighted by Gasteiger charge is 2.34. The van der Waals surface area contributed by atoms with E-state index in [9.17, 15) is 27.6 Å². The molecule has 0 aromatic heterocycles. The zero-order valence-electron chi connectivity index (χ0n) is 18.6. The maximum absolute atomic E-state index is 13.4. The molecular formula is C26H20F3NO4S. The minimum atomic E-state index is -4.82. The second kappa shape index (κ2) is 9.95. The number of hydrogen-bond donors (Lipinski definition) is 1. The lowest BCUT2D eigenvalue weighted by Crippen LogP contribution is -2.24. The topological polar surface area (TPSA) is 72.5 Å². The number of alkyl halides is 3. The number of amides is 1. The van der Waals surface area contributed by atoms with Gasteiger partial charge in [-0.2, -0.15) is 0 Å². The Labute approximate surface area is 203 Å². The highest BCUT2D eigenvalue weighted by atomic mass is 32.2. The molecule has 1 N–H and O–H groups in total. The molecule has 9 heteroatoms. The zero-order chi connectivity index (χ0) is 25.2. The van der Waals surface area contributed by atoms with E-state index >= 15 is 0 Å². The number of halogens is 3. The van der Waals surface area contributed by atoms with Crippen LogP contribution in [0.3, 0.4) is 0 Å². The van der Waals surface area contributed by atoms with E-state index in [-0.39, 0.29) is 33.9 Å². The Morgan fingerprint density at radius 3 is 2.20 bits per heavy atom. The molecule has 3 aromatic carbocycles. The number of benzene rings is 3. The van der Waals surface area contributed by atoms with Crippen molar-refractivity contribution in [3.05, 3.63) is 88.5 Å². The van der Waals surface area contributed by atoms with Gasteiger partial charge in [0.25, 0.3) is 5.91 Å². The van der Waals surface area contributed by atoms with E-state index in [1.54, 1.807) is 24.3 Å². The summed E-state index contributed by atoms with van der Waals surface area (Å²) in [4.78, 5) is 40.1.